The molecule has 8 aromatic rings. The second-order valence-electron chi connectivity index (χ2n) is 16.6. The van der Waals surface area contributed by atoms with Crippen molar-refractivity contribution in [3.63, 3.8) is 0 Å². The van der Waals surface area contributed by atoms with Crippen molar-refractivity contribution in [2.75, 3.05) is 20.0 Å². The fourth-order valence-corrected chi connectivity index (χ4v) is 11.7. The summed E-state index contributed by atoms with van der Waals surface area (Å²) in [4.78, 5) is -6.40. The average molecular weight is 1250 g/mol. The number of aromatic hydroxyl groups is 3. The number of rotatable bonds is 16. The van der Waals surface area contributed by atoms with Crippen LogP contribution in [0.1, 0.15) is 0 Å². The number of hydrogen-bond acceptors (Lipinski definition) is 26. The number of phenolic OH excluding ortho intramolecular Hbond substituents is 3. The van der Waals surface area contributed by atoms with Gasteiger partial charge in [-0.25, -0.2) is 0 Å². The molecule has 0 saturated carbocycles. The Hall–Kier alpha value is -8.80. The lowest BCUT2D eigenvalue weighted by Gasteiger charge is -2.14. The van der Waals surface area contributed by atoms with Crippen molar-refractivity contribution >= 4 is 144 Å². The van der Waals surface area contributed by atoms with E-state index in [1.807, 2.05) is 0 Å². The first kappa shape index (κ1) is 59.3. The summed E-state index contributed by atoms with van der Waals surface area (Å²) < 4.78 is 220. The molecule has 11 N–H and O–H groups in total. The van der Waals surface area contributed by atoms with Crippen LogP contribution < -0.4 is 15.2 Å². The molecule has 0 amide bonds. The molecule has 0 saturated heterocycles. The minimum absolute atomic E-state index is 0.0495. The molecule has 8 rings (SSSR count). The van der Waals surface area contributed by atoms with E-state index in [1.165, 1.54) is 26.4 Å². The number of methoxy groups -OCH3 is 2. The summed E-state index contributed by atoms with van der Waals surface area (Å²) in [6.45, 7) is 0. The standard InChI is InChI=1S/C44H33N9O23S6/c1-75-23-6-9-28(32(15-23)78(60,61)62)48-52-39-35(81(69,70)71)13-20-11-21(5-8-25(20)42(39)54)47-51-41-36(82(72,73)74)17-27-31(77(57,58)59)18-30(38(45)37(27)44(41)56)50-46-22-4-3-19-12-34(80(66,67)68)40(43(55)26(19)14-22)53-49-29-10-7-24(76-2)16-33(29)79(63,64)65/h3-18,54-56H,45H2,1-2H3,(H,57,58,59)(H,60,61,62)(H,63,64,65)(H,66,67,68)(H,69,70,71)(H,72,73,74). The lowest BCUT2D eigenvalue weighted by Crippen LogP contribution is -2.04. The van der Waals surface area contributed by atoms with Gasteiger partial charge in [-0.1, -0.05) is 6.07 Å². The normalized spacial score (nSPS) is 13.2. The third-order valence-electron chi connectivity index (χ3n) is 11.4. The number of fused-ring (bicyclic) bond motifs is 3. The van der Waals surface area contributed by atoms with Gasteiger partial charge in [-0.3, -0.25) is 27.3 Å². The Morgan fingerprint density at radius 3 is 1.24 bits per heavy atom. The van der Waals surface area contributed by atoms with E-state index >= 15 is 0 Å². The van der Waals surface area contributed by atoms with Crippen LogP contribution in [0, 0.1) is 0 Å². The number of nitrogen functional groups attached to an aromatic ring is 1. The van der Waals surface area contributed by atoms with Crippen molar-refractivity contribution in [1.82, 2.24) is 0 Å². The van der Waals surface area contributed by atoms with Gasteiger partial charge in [-0.05, 0) is 89.6 Å². The van der Waals surface area contributed by atoms with Crippen LogP contribution in [0.4, 0.5) is 51.2 Å². The Bertz CT molecular complexity index is 4950. The largest absolute Gasteiger partial charge is 0.505 e. The third kappa shape index (κ3) is 12.0. The number of anilines is 1. The maximum absolute atomic E-state index is 12.9. The maximum Gasteiger partial charge on any atom is 0.296 e. The summed E-state index contributed by atoms with van der Waals surface area (Å²) in [5.41, 5.74) is 0.118. The smallest absolute Gasteiger partial charge is 0.296 e. The van der Waals surface area contributed by atoms with Crippen LogP contribution in [0.25, 0.3) is 32.3 Å². The fourth-order valence-electron chi connectivity index (χ4n) is 7.73. The molecule has 0 fully saturated rings. The first-order valence-electron chi connectivity index (χ1n) is 21.6. The van der Waals surface area contributed by atoms with Gasteiger partial charge < -0.3 is 30.5 Å². The number of ether oxygens (including phenoxy) is 2. The molecule has 0 aliphatic rings. The summed E-state index contributed by atoms with van der Waals surface area (Å²) in [6, 6.07) is 15.1. The second kappa shape index (κ2) is 21.3. The van der Waals surface area contributed by atoms with Gasteiger partial charge >= 0.3 is 0 Å². The van der Waals surface area contributed by atoms with Crippen LogP contribution in [0.3, 0.4) is 0 Å². The minimum Gasteiger partial charge on any atom is -0.505 e. The molecule has 0 aliphatic heterocycles. The zero-order valence-corrected chi connectivity index (χ0v) is 45.5. The number of phenols is 3. The second-order valence-corrected chi connectivity index (χ2v) is 24.9. The van der Waals surface area contributed by atoms with Gasteiger partial charge in [-0.15, -0.1) is 30.7 Å². The highest BCUT2D eigenvalue weighted by atomic mass is 32.2. The van der Waals surface area contributed by atoms with Gasteiger partial charge in [-0.2, -0.15) is 60.7 Å². The topological polar surface area (TPSA) is 530 Å². The number of azo groups is 4. The lowest BCUT2D eigenvalue weighted by molar-refractivity contribution is 0.412. The van der Waals surface area contributed by atoms with E-state index in [-0.39, 0.29) is 44.4 Å². The average Bonchev–Trinajstić information content (AvgIpc) is 1.81. The van der Waals surface area contributed by atoms with Gasteiger partial charge in [0.1, 0.15) is 75.0 Å². The summed E-state index contributed by atoms with van der Waals surface area (Å²) >= 11 is 0. The monoisotopic (exact) mass is 1250 g/mol. The Balaban J connectivity index is 1.23. The Morgan fingerprint density at radius 1 is 0.354 bits per heavy atom. The molecule has 428 valence electrons. The van der Waals surface area contributed by atoms with Crippen LogP contribution in [0.2, 0.25) is 0 Å². The van der Waals surface area contributed by atoms with Crippen LogP contribution in [-0.4, -0.2) is 107 Å². The van der Waals surface area contributed by atoms with Crippen molar-refractivity contribution in [2.45, 2.75) is 29.4 Å². The zero-order chi connectivity index (χ0) is 60.4. The molecule has 0 unspecified atom stereocenters. The molecule has 0 aliphatic carbocycles. The molecule has 0 aromatic heterocycles. The molecule has 0 heterocycles. The number of benzene rings is 8. The summed E-state index contributed by atoms with van der Waals surface area (Å²) in [5.74, 6) is -3.44. The van der Waals surface area contributed by atoms with Crippen molar-refractivity contribution in [3.05, 3.63) is 97.1 Å². The Morgan fingerprint density at radius 2 is 0.756 bits per heavy atom. The van der Waals surface area contributed by atoms with Gasteiger partial charge in [0.2, 0.25) is 0 Å². The van der Waals surface area contributed by atoms with E-state index in [0.29, 0.717) is 12.1 Å². The molecular weight excluding hydrogens is 1210 g/mol. The van der Waals surface area contributed by atoms with Crippen LogP contribution >= 0.6 is 0 Å². The molecule has 8 aromatic carbocycles. The van der Waals surface area contributed by atoms with Crippen LogP contribution in [0.15, 0.2) is 167 Å². The van der Waals surface area contributed by atoms with E-state index < -0.39 is 158 Å². The predicted molar refractivity (Wildman–Crippen MR) is 283 cm³/mol. The highest BCUT2D eigenvalue weighted by Crippen LogP contribution is 2.50. The maximum atomic E-state index is 12.9. The van der Waals surface area contributed by atoms with Gasteiger partial charge in [0.05, 0.1) is 36.7 Å². The SMILES string of the molecule is COc1ccc(N=Nc2c(S(=O)(=O)O)cc3cc(N=Nc4c(S(=O)(=O)O)cc5c(S(=O)(=O)O)cc(N=Nc6ccc7cc(S(=O)(=O)O)c(N=Nc8ccc(OC)cc8S(=O)(=O)O)c(O)c7c6)c(N)c5c4O)ccc3c2O)c(S(=O)(=O)O)c1. The predicted octanol–water partition coefficient (Wildman–Crippen LogP) is 9.00. The number of nitrogens with zero attached hydrogens (tertiary/aromatic N) is 8. The van der Waals surface area contributed by atoms with E-state index in [1.54, 1.807) is 0 Å². The van der Waals surface area contributed by atoms with Crippen molar-refractivity contribution in [2.24, 2.45) is 40.9 Å². The van der Waals surface area contributed by atoms with Gasteiger partial charge in [0, 0.05) is 28.3 Å². The molecule has 38 heteroatoms. The van der Waals surface area contributed by atoms with E-state index in [0.717, 1.165) is 72.8 Å². The van der Waals surface area contributed by atoms with Crippen molar-refractivity contribution in [3.8, 4) is 28.7 Å². The molecule has 0 bridgehead atoms. The number of hydrogen-bond donors (Lipinski definition) is 10. The van der Waals surface area contributed by atoms with E-state index in [4.69, 9.17) is 15.2 Å². The quantitative estimate of drug-likeness (QED) is 0.0245. The van der Waals surface area contributed by atoms with E-state index in [9.17, 15) is 93.1 Å². The first-order valence-corrected chi connectivity index (χ1v) is 30.2. The van der Waals surface area contributed by atoms with Crippen molar-refractivity contribution < 1.29 is 103 Å². The molecular formula is C44H33N9O23S6. The van der Waals surface area contributed by atoms with Crippen LogP contribution in [0.5, 0.6) is 28.7 Å². The summed E-state index contributed by atoms with van der Waals surface area (Å²) in [5, 5.41) is 61.6. The summed E-state index contributed by atoms with van der Waals surface area (Å²) in [6.07, 6.45) is 0. The fraction of sp³-hybridized carbons (Fsp3) is 0.0455. The van der Waals surface area contributed by atoms with Crippen molar-refractivity contribution in [1.29, 1.82) is 0 Å². The Kier molecular flexibility index (Phi) is 15.4. The highest BCUT2D eigenvalue weighted by molar-refractivity contribution is 7.87. The molecule has 82 heavy (non-hydrogen) atoms. The zero-order valence-electron chi connectivity index (χ0n) is 40.6. The Labute approximate surface area is 460 Å². The van der Waals surface area contributed by atoms with Gasteiger partial charge in [0.15, 0.2) is 17.2 Å². The molecule has 0 spiro atoms. The molecule has 0 atom stereocenters. The minimum atomic E-state index is -5.55. The summed E-state index contributed by atoms with van der Waals surface area (Å²) in [7, 11) is -29.2. The highest BCUT2D eigenvalue weighted by Gasteiger charge is 2.30. The van der Waals surface area contributed by atoms with E-state index in [2.05, 4.69) is 40.9 Å². The molecule has 32 nitrogen and oxygen atoms in total. The number of nitrogens with two attached hydrogens (primary N) is 1. The lowest BCUT2D eigenvalue weighted by atomic mass is 10.0. The first-order chi connectivity index (χ1) is 38.0. The molecule has 0 radical (unpaired) electrons. The third-order valence-corrected chi connectivity index (χ3v) is 16.7. The van der Waals surface area contributed by atoms with Gasteiger partial charge in [0.25, 0.3) is 60.7 Å². The van der Waals surface area contributed by atoms with Crippen LogP contribution in [-0.2, 0) is 60.7 Å².